The molecule has 20 heavy (non-hydrogen) atoms. The highest BCUT2D eigenvalue weighted by Crippen LogP contribution is 2.48. The standard InChI is InChI=1S/C16H24O4/c1-8-4-11-13(18-11)6-10(8)15(17)20-16(3)7-14-12(19-14)5-9(16)2/h8-14H,4-7H2,1-3H3. The molecule has 2 aliphatic carbocycles. The lowest BCUT2D eigenvalue weighted by Gasteiger charge is -2.39. The number of hydrogen-bond donors (Lipinski definition) is 0. The molecule has 0 aromatic carbocycles. The predicted molar refractivity (Wildman–Crippen MR) is 72.1 cm³/mol. The van der Waals surface area contributed by atoms with E-state index < -0.39 is 0 Å². The molecule has 2 aliphatic heterocycles. The van der Waals surface area contributed by atoms with Gasteiger partial charge < -0.3 is 14.2 Å². The van der Waals surface area contributed by atoms with Crippen LogP contribution in [0.4, 0.5) is 0 Å². The third-order valence-electron chi connectivity index (χ3n) is 6.02. The van der Waals surface area contributed by atoms with Crippen molar-refractivity contribution in [2.24, 2.45) is 17.8 Å². The van der Waals surface area contributed by atoms with Crippen LogP contribution in [0.2, 0.25) is 0 Å². The number of ether oxygens (including phenoxy) is 3. The molecule has 2 heterocycles. The van der Waals surface area contributed by atoms with Crippen LogP contribution >= 0.6 is 0 Å². The fourth-order valence-corrected chi connectivity index (χ4v) is 4.15. The summed E-state index contributed by atoms with van der Waals surface area (Å²) in [5.74, 6) is 0.748. The van der Waals surface area contributed by atoms with Crippen LogP contribution in [0, 0.1) is 17.8 Å². The smallest absolute Gasteiger partial charge is 0.309 e. The Morgan fingerprint density at radius 2 is 1.70 bits per heavy atom. The van der Waals surface area contributed by atoms with Gasteiger partial charge in [0.2, 0.25) is 0 Å². The molecule has 4 fully saturated rings. The summed E-state index contributed by atoms with van der Waals surface area (Å²) in [7, 11) is 0. The first-order valence-electron chi connectivity index (χ1n) is 8.00. The predicted octanol–water partition coefficient (Wildman–Crippen LogP) is 2.30. The first kappa shape index (κ1) is 13.1. The molecule has 4 nitrogen and oxygen atoms in total. The Bertz CT molecular complexity index is 436. The van der Waals surface area contributed by atoms with Crippen molar-refractivity contribution in [3.8, 4) is 0 Å². The van der Waals surface area contributed by atoms with Crippen molar-refractivity contribution >= 4 is 5.97 Å². The van der Waals surface area contributed by atoms with E-state index in [1.807, 2.05) is 0 Å². The van der Waals surface area contributed by atoms with E-state index in [0.717, 1.165) is 25.7 Å². The molecule has 2 saturated carbocycles. The summed E-state index contributed by atoms with van der Waals surface area (Å²) in [5, 5.41) is 0. The molecular formula is C16H24O4. The van der Waals surface area contributed by atoms with Crippen molar-refractivity contribution in [3.63, 3.8) is 0 Å². The van der Waals surface area contributed by atoms with Crippen LogP contribution in [0.5, 0.6) is 0 Å². The summed E-state index contributed by atoms with van der Waals surface area (Å²) in [6.45, 7) is 6.41. The Balaban J connectivity index is 1.43. The van der Waals surface area contributed by atoms with Crippen molar-refractivity contribution in [3.05, 3.63) is 0 Å². The second kappa shape index (κ2) is 4.20. The number of esters is 1. The normalized spacial score (nSPS) is 56.5. The fourth-order valence-electron chi connectivity index (χ4n) is 4.15. The fraction of sp³-hybridized carbons (Fsp3) is 0.938. The van der Waals surface area contributed by atoms with Crippen molar-refractivity contribution in [2.45, 2.75) is 76.5 Å². The van der Waals surface area contributed by atoms with Crippen LogP contribution in [0.3, 0.4) is 0 Å². The second-order valence-corrected chi connectivity index (χ2v) is 7.56. The van der Waals surface area contributed by atoms with Gasteiger partial charge in [-0.25, -0.2) is 0 Å². The van der Waals surface area contributed by atoms with Crippen LogP contribution in [-0.4, -0.2) is 36.0 Å². The van der Waals surface area contributed by atoms with Gasteiger partial charge >= 0.3 is 5.97 Å². The number of hydrogen-bond acceptors (Lipinski definition) is 4. The molecule has 0 aromatic heterocycles. The van der Waals surface area contributed by atoms with E-state index in [-0.39, 0.29) is 17.5 Å². The van der Waals surface area contributed by atoms with E-state index in [1.165, 1.54) is 0 Å². The second-order valence-electron chi connectivity index (χ2n) is 7.56. The van der Waals surface area contributed by atoms with Crippen LogP contribution in [0.1, 0.15) is 46.5 Å². The SMILES string of the molecule is CC1CC2OC2CC1C(=O)OC1(C)CC2OC2CC1C. The topological polar surface area (TPSA) is 51.4 Å². The maximum Gasteiger partial charge on any atom is 0.309 e. The molecular weight excluding hydrogens is 256 g/mol. The van der Waals surface area contributed by atoms with Gasteiger partial charge in [-0.3, -0.25) is 4.79 Å². The lowest BCUT2D eigenvalue weighted by molar-refractivity contribution is -0.173. The van der Waals surface area contributed by atoms with Crippen molar-refractivity contribution in [1.82, 2.24) is 0 Å². The molecule has 0 bridgehead atoms. The highest BCUT2D eigenvalue weighted by atomic mass is 16.6. The van der Waals surface area contributed by atoms with E-state index in [9.17, 15) is 4.79 Å². The zero-order chi connectivity index (χ0) is 14.1. The largest absolute Gasteiger partial charge is 0.459 e. The average molecular weight is 280 g/mol. The zero-order valence-electron chi connectivity index (χ0n) is 12.5. The Hall–Kier alpha value is -0.610. The molecule has 8 atom stereocenters. The molecule has 4 rings (SSSR count). The van der Waals surface area contributed by atoms with E-state index in [2.05, 4.69) is 20.8 Å². The minimum atomic E-state index is -0.351. The summed E-state index contributed by atoms with van der Waals surface area (Å²) < 4.78 is 17.2. The highest BCUT2D eigenvalue weighted by molar-refractivity contribution is 5.73. The maximum atomic E-state index is 12.6. The van der Waals surface area contributed by atoms with Gasteiger partial charge in [0.1, 0.15) is 5.60 Å². The number of fused-ring (bicyclic) bond motifs is 2. The summed E-state index contributed by atoms with van der Waals surface area (Å²) >= 11 is 0. The minimum Gasteiger partial charge on any atom is -0.459 e. The molecule has 4 aliphatic rings. The van der Waals surface area contributed by atoms with Gasteiger partial charge in [-0.1, -0.05) is 13.8 Å². The van der Waals surface area contributed by atoms with Gasteiger partial charge in [-0.15, -0.1) is 0 Å². The third-order valence-corrected chi connectivity index (χ3v) is 6.02. The maximum absolute atomic E-state index is 12.6. The van der Waals surface area contributed by atoms with Crippen molar-refractivity contribution in [2.75, 3.05) is 0 Å². The molecule has 0 aromatic rings. The minimum absolute atomic E-state index is 0.0140. The number of rotatable bonds is 2. The Labute approximate surface area is 120 Å². The lowest BCUT2D eigenvalue weighted by atomic mass is 9.76. The average Bonchev–Trinajstić information content (AvgIpc) is 3.24. The van der Waals surface area contributed by atoms with E-state index in [4.69, 9.17) is 14.2 Å². The molecule has 0 radical (unpaired) electrons. The molecule has 8 unspecified atom stereocenters. The summed E-state index contributed by atoms with van der Waals surface area (Å²) in [6, 6.07) is 0. The summed E-state index contributed by atoms with van der Waals surface area (Å²) in [5.41, 5.74) is -0.351. The Morgan fingerprint density at radius 3 is 2.50 bits per heavy atom. The molecule has 0 spiro atoms. The number of epoxide rings is 2. The summed E-state index contributed by atoms with van der Waals surface area (Å²) in [6.07, 6.45) is 5.20. The highest BCUT2D eigenvalue weighted by Gasteiger charge is 2.55. The van der Waals surface area contributed by atoms with Gasteiger partial charge in [0.25, 0.3) is 0 Å². The lowest BCUT2D eigenvalue weighted by Crippen LogP contribution is -2.45. The van der Waals surface area contributed by atoms with Crippen LogP contribution in [0.25, 0.3) is 0 Å². The van der Waals surface area contributed by atoms with Gasteiger partial charge in [0.05, 0.1) is 30.3 Å². The molecule has 112 valence electrons. The monoisotopic (exact) mass is 280 g/mol. The molecule has 4 heteroatoms. The first-order valence-corrected chi connectivity index (χ1v) is 8.00. The Kier molecular flexibility index (Phi) is 2.75. The zero-order valence-corrected chi connectivity index (χ0v) is 12.5. The Morgan fingerprint density at radius 1 is 1.05 bits per heavy atom. The number of carbonyl (C=O) groups excluding carboxylic acids is 1. The van der Waals surface area contributed by atoms with Crippen LogP contribution in [-0.2, 0) is 19.0 Å². The van der Waals surface area contributed by atoms with Crippen LogP contribution < -0.4 is 0 Å². The van der Waals surface area contributed by atoms with E-state index in [0.29, 0.717) is 36.3 Å². The first-order chi connectivity index (χ1) is 9.46. The third kappa shape index (κ3) is 2.08. The van der Waals surface area contributed by atoms with Crippen LogP contribution in [0.15, 0.2) is 0 Å². The van der Waals surface area contributed by atoms with Gasteiger partial charge in [0, 0.05) is 6.42 Å². The molecule has 0 N–H and O–H groups in total. The van der Waals surface area contributed by atoms with Gasteiger partial charge in [-0.05, 0) is 38.0 Å². The number of carbonyl (C=O) groups is 1. The molecule has 0 amide bonds. The van der Waals surface area contributed by atoms with E-state index in [1.54, 1.807) is 0 Å². The quantitative estimate of drug-likeness (QED) is 0.575. The van der Waals surface area contributed by atoms with Crippen molar-refractivity contribution in [1.29, 1.82) is 0 Å². The van der Waals surface area contributed by atoms with Gasteiger partial charge in [-0.2, -0.15) is 0 Å². The molecule has 2 saturated heterocycles. The van der Waals surface area contributed by atoms with E-state index >= 15 is 0 Å². The van der Waals surface area contributed by atoms with Crippen molar-refractivity contribution < 1.29 is 19.0 Å². The van der Waals surface area contributed by atoms with Gasteiger partial charge in [0.15, 0.2) is 0 Å². The summed E-state index contributed by atoms with van der Waals surface area (Å²) in [4.78, 5) is 12.6.